The Kier molecular flexibility index (Phi) is 10.5. The normalized spacial score (nSPS) is 11.3. The number of nitrogens with one attached hydrogen (secondary N) is 1. The van der Waals surface area contributed by atoms with Crippen molar-refractivity contribution in [3.8, 4) is 0 Å². The molecule has 2 aromatic heterocycles. The smallest absolute Gasteiger partial charge is 0.305 e. The lowest BCUT2D eigenvalue weighted by atomic mass is 10.2. The zero-order valence-corrected chi connectivity index (χ0v) is 23.1. The summed E-state index contributed by atoms with van der Waals surface area (Å²) in [6.07, 6.45) is 3.17. The minimum atomic E-state index is -0.114. The molecule has 0 fully saturated rings. The van der Waals surface area contributed by atoms with Crippen LogP contribution in [0.4, 0.5) is 0 Å². The zero-order chi connectivity index (χ0) is 25.9. The molecule has 8 heteroatoms. The topological polar surface area (TPSA) is 71.1 Å². The van der Waals surface area contributed by atoms with Gasteiger partial charge < -0.3 is 9.72 Å². The summed E-state index contributed by atoms with van der Waals surface area (Å²) < 4.78 is 5.09. The molecule has 37 heavy (non-hydrogen) atoms. The number of nitrogens with zero attached hydrogens (tertiary/aromatic N) is 3. The lowest BCUT2D eigenvalue weighted by Gasteiger charge is -2.22. The molecule has 0 saturated heterocycles. The van der Waals surface area contributed by atoms with Gasteiger partial charge in [0.25, 0.3) is 0 Å². The Morgan fingerprint density at radius 3 is 2.65 bits per heavy atom. The molecule has 0 saturated carbocycles. The minimum absolute atomic E-state index is 0.114. The molecule has 0 radical (unpaired) electrons. The summed E-state index contributed by atoms with van der Waals surface area (Å²) in [7, 11) is 0. The van der Waals surface area contributed by atoms with E-state index in [0.29, 0.717) is 13.0 Å². The number of thioether (sulfide) groups is 2. The van der Waals surface area contributed by atoms with Crippen LogP contribution in [0.2, 0.25) is 0 Å². The molecule has 0 bridgehead atoms. The molecule has 4 aromatic rings. The summed E-state index contributed by atoms with van der Waals surface area (Å²) in [5.74, 6) is 1.62. The van der Waals surface area contributed by atoms with Crippen molar-refractivity contribution < 1.29 is 9.53 Å². The number of ether oxygens (including phenoxy) is 1. The van der Waals surface area contributed by atoms with E-state index in [9.17, 15) is 4.79 Å². The Morgan fingerprint density at radius 1 is 1.03 bits per heavy atom. The van der Waals surface area contributed by atoms with Gasteiger partial charge in [0.2, 0.25) is 0 Å². The van der Waals surface area contributed by atoms with E-state index in [-0.39, 0.29) is 5.97 Å². The third-order valence-corrected chi connectivity index (χ3v) is 8.07. The zero-order valence-electron chi connectivity index (χ0n) is 21.5. The number of rotatable bonds is 14. The molecule has 2 aromatic carbocycles. The maximum atomic E-state index is 11.8. The highest BCUT2D eigenvalue weighted by Gasteiger charge is 2.12. The largest absolute Gasteiger partial charge is 0.466 e. The summed E-state index contributed by atoms with van der Waals surface area (Å²) in [5.41, 5.74) is 5.65. The predicted octanol–water partition coefficient (Wildman–Crippen LogP) is 6.50. The summed E-state index contributed by atoms with van der Waals surface area (Å²) >= 11 is 3.55. The maximum absolute atomic E-state index is 11.8. The lowest BCUT2D eigenvalue weighted by molar-refractivity contribution is -0.143. The number of para-hydroxylation sites is 2. The third-order valence-electron chi connectivity index (χ3n) is 6.05. The summed E-state index contributed by atoms with van der Waals surface area (Å²) in [6.45, 7) is 7.12. The summed E-state index contributed by atoms with van der Waals surface area (Å²) in [4.78, 5) is 28.2. The second-order valence-corrected chi connectivity index (χ2v) is 10.8. The first-order valence-corrected chi connectivity index (χ1v) is 14.7. The second kappa shape index (κ2) is 14.2. The van der Waals surface area contributed by atoms with Gasteiger partial charge in [0, 0.05) is 42.1 Å². The highest BCUT2D eigenvalue weighted by molar-refractivity contribution is 7.99. The van der Waals surface area contributed by atoms with Crippen molar-refractivity contribution in [2.24, 2.45) is 0 Å². The average Bonchev–Trinajstić information content (AvgIpc) is 3.33. The van der Waals surface area contributed by atoms with Crippen molar-refractivity contribution in [2.75, 3.05) is 25.4 Å². The van der Waals surface area contributed by atoms with Crippen molar-refractivity contribution in [1.82, 2.24) is 19.9 Å². The van der Waals surface area contributed by atoms with Crippen molar-refractivity contribution in [1.29, 1.82) is 0 Å². The Labute approximate surface area is 227 Å². The molecule has 0 atom stereocenters. The highest BCUT2D eigenvalue weighted by atomic mass is 32.2. The molecule has 0 aliphatic rings. The number of H-pyrrole nitrogens is 1. The average molecular weight is 535 g/mol. The van der Waals surface area contributed by atoms with Crippen LogP contribution in [0, 0.1) is 6.92 Å². The molecular weight excluding hydrogens is 500 g/mol. The maximum Gasteiger partial charge on any atom is 0.305 e. The van der Waals surface area contributed by atoms with E-state index in [1.807, 2.05) is 55.2 Å². The quantitative estimate of drug-likeness (QED) is 0.146. The van der Waals surface area contributed by atoms with Crippen LogP contribution in [0.3, 0.4) is 0 Å². The first-order chi connectivity index (χ1) is 18.1. The van der Waals surface area contributed by atoms with Crippen LogP contribution in [-0.2, 0) is 21.8 Å². The molecule has 6 nitrogen and oxygen atoms in total. The summed E-state index contributed by atoms with van der Waals surface area (Å²) in [5, 5.41) is 0.917. The molecule has 0 unspecified atom stereocenters. The van der Waals surface area contributed by atoms with Gasteiger partial charge in [-0.25, -0.2) is 4.98 Å². The fourth-order valence-electron chi connectivity index (χ4n) is 4.07. The van der Waals surface area contributed by atoms with Gasteiger partial charge in [-0.3, -0.25) is 14.7 Å². The van der Waals surface area contributed by atoms with Gasteiger partial charge in [0.05, 0.1) is 23.3 Å². The number of hydrogen-bond acceptors (Lipinski definition) is 7. The first kappa shape index (κ1) is 27.2. The van der Waals surface area contributed by atoms with Crippen molar-refractivity contribution >= 4 is 40.5 Å². The molecule has 0 aliphatic heterocycles. The van der Waals surface area contributed by atoms with Gasteiger partial charge in [0.15, 0.2) is 5.16 Å². The van der Waals surface area contributed by atoms with Crippen LogP contribution in [-0.4, -0.2) is 51.3 Å². The van der Waals surface area contributed by atoms with Crippen molar-refractivity contribution in [3.63, 3.8) is 0 Å². The van der Waals surface area contributed by atoms with Crippen LogP contribution >= 0.6 is 23.5 Å². The van der Waals surface area contributed by atoms with Crippen LogP contribution < -0.4 is 0 Å². The minimum Gasteiger partial charge on any atom is -0.466 e. The van der Waals surface area contributed by atoms with Crippen LogP contribution in [0.25, 0.3) is 11.0 Å². The van der Waals surface area contributed by atoms with Crippen LogP contribution in [0.1, 0.15) is 36.6 Å². The lowest BCUT2D eigenvalue weighted by Crippen LogP contribution is -2.27. The number of carbonyl (C=O) groups is 1. The number of aromatic nitrogens is 3. The monoisotopic (exact) mass is 534 g/mol. The molecule has 0 aliphatic carbocycles. The molecule has 0 amide bonds. The predicted molar refractivity (Wildman–Crippen MR) is 153 cm³/mol. The van der Waals surface area contributed by atoms with E-state index >= 15 is 0 Å². The number of fused-ring (bicyclic) bond motifs is 1. The molecule has 0 spiro atoms. The van der Waals surface area contributed by atoms with E-state index in [1.54, 1.807) is 11.8 Å². The van der Waals surface area contributed by atoms with E-state index in [1.165, 1.54) is 16.0 Å². The van der Waals surface area contributed by atoms with Crippen molar-refractivity contribution in [3.05, 3.63) is 83.7 Å². The third kappa shape index (κ3) is 8.35. The number of esters is 1. The number of pyridine rings is 1. The Bertz CT molecular complexity index is 1250. The van der Waals surface area contributed by atoms with E-state index < -0.39 is 0 Å². The summed E-state index contributed by atoms with van der Waals surface area (Å²) in [6, 6.07) is 20.7. The first-order valence-electron chi connectivity index (χ1n) is 12.7. The molecule has 4 rings (SSSR count). The Hall–Kier alpha value is -2.81. The van der Waals surface area contributed by atoms with Crippen LogP contribution in [0.5, 0.6) is 0 Å². The number of benzene rings is 2. The fraction of sp³-hybridized carbons (Fsp3) is 0.345. The van der Waals surface area contributed by atoms with Gasteiger partial charge >= 0.3 is 5.97 Å². The van der Waals surface area contributed by atoms with Gasteiger partial charge in [-0.1, -0.05) is 54.2 Å². The number of hydrogen-bond donors (Lipinski definition) is 1. The number of carbonyl (C=O) groups excluding carboxylic acids is 1. The van der Waals surface area contributed by atoms with E-state index in [0.717, 1.165) is 59.4 Å². The molecule has 194 valence electrons. The number of imidazole rings is 1. The molecule has 2 heterocycles. The Balaban J connectivity index is 1.32. The second-order valence-electron chi connectivity index (χ2n) is 8.75. The Morgan fingerprint density at radius 2 is 1.84 bits per heavy atom. The fourth-order valence-corrected chi connectivity index (χ4v) is 6.04. The van der Waals surface area contributed by atoms with E-state index in [4.69, 9.17) is 4.74 Å². The highest BCUT2D eigenvalue weighted by Crippen LogP contribution is 2.28. The number of aromatic amines is 1. The van der Waals surface area contributed by atoms with Gasteiger partial charge in [-0.05, 0) is 56.1 Å². The standard InChI is InChI=1S/C29H34N4O2S2/c1-3-35-28(34)14-9-17-33(20-23-10-5-4-6-11-23)18-19-36-27-15-16-30-26(22(27)2)21-37-29-31-24-12-7-8-13-25(24)32-29/h4-8,10-13,15-16H,3,9,14,17-21H2,1-2H3,(H,31,32). The van der Waals surface area contributed by atoms with E-state index in [2.05, 4.69) is 57.1 Å². The van der Waals surface area contributed by atoms with Crippen LogP contribution in [0.15, 0.2) is 76.9 Å². The molecule has 1 N–H and O–H groups in total. The van der Waals surface area contributed by atoms with Gasteiger partial charge in [-0.2, -0.15) is 0 Å². The van der Waals surface area contributed by atoms with Gasteiger partial charge in [0.1, 0.15) is 0 Å². The van der Waals surface area contributed by atoms with Gasteiger partial charge in [-0.15, -0.1) is 11.8 Å². The van der Waals surface area contributed by atoms with Crippen molar-refractivity contribution in [2.45, 2.75) is 49.0 Å². The molecular formula is C29H34N4O2S2. The SMILES string of the molecule is CCOC(=O)CCCN(CCSc1ccnc(CSc2nc3ccccc3[nH]2)c1C)Cc1ccccc1.